The van der Waals surface area contributed by atoms with Crippen LogP contribution in [0.3, 0.4) is 0 Å². The van der Waals surface area contributed by atoms with Crippen molar-refractivity contribution in [2.24, 2.45) is 0 Å². The first-order valence-corrected chi connectivity index (χ1v) is 19.9. The zero-order valence-electron chi connectivity index (χ0n) is 36.0. The molecule has 2 amide bonds. The molecule has 344 valence electrons. The number of esters is 6. The lowest BCUT2D eigenvalue weighted by Crippen LogP contribution is -2.50. The summed E-state index contributed by atoms with van der Waals surface area (Å²) >= 11 is 0. The lowest BCUT2D eigenvalue weighted by molar-refractivity contribution is -0.166. The number of para-hydroxylation sites is 2. The Hall–Kier alpha value is -7.53. The number of rotatable bonds is 14. The zero-order chi connectivity index (χ0) is 47.1. The molecule has 0 spiro atoms. The van der Waals surface area contributed by atoms with E-state index in [1.54, 1.807) is 60.7 Å². The van der Waals surface area contributed by atoms with Crippen LogP contribution in [0.2, 0.25) is 0 Å². The number of carbonyl (C=O) groups excluding carboxylic acids is 8. The molecule has 6 rings (SSSR count). The number of ether oxygens (including phenoxy) is 9. The van der Waals surface area contributed by atoms with Gasteiger partial charge in [-0.15, -0.1) is 0 Å². The van der Waals surface area contributed by atoms with Gasteiger partial charge >= 0.3 is 41.9 Å². The molecular weight excluding hydrogens is 860 g/mol. The number of hydrogen-bond acceptors (Lipinski definition) is 20. The zero-order valence-corrected chi connectivity index (χ0v) is 36.0. The van der Waals surface area contributed by atoms with Crippen molar-refractivity contribution in [3.63, 3.8) is 0 Å². The van der Waals surface area contributed by atoms with Crippen LogP contribution in [0.15, 0.2) is 67.0 Å². The smallest absolute Gasteiger partial charge is 0.425 e. The van der Waals surface area contributed by atoms with Crippen molar-refractivity contribution in [1.29, 1.82) is 0 Å². The first-order chi connectivity index (χ1) is 30.9. The number of imidazole rings is 1. The van der Waals surface area contributed by atoms with Gasteiger partial charge in [-0.1, -0.05) is 36.4 Å². The fourth-order valence-electron chi connectivity index (χ4n) is 7.14. The van der Waals surface area contributed by atoms with Crippen LogP contribution in [0, 0.1) is 0 Å². The summed E-state index contributed by atoms with van der Waals surface area (Å²) in [6.45, 7) is 6.71. The standard InChI is InChI=1S/C42H44N6O17/c1-21(49)47(40-36(62-27(7)55)34(60-25(5)53)31(64-40)19-58-23(3)51)41-44-37-32(38(45-41)65-42(56)48(28-14-10-8-11-15-28)29-16-12-9-13-17-29)43-20-46(37)39-35(61-26(6)54)33(59-24(4)52)30(63-39)18-57-22(2)50/h8-17,20,30-31,33-36,39-40H,18-19H2,1-7H3/t30-,31-,33+,34+,35-,36-,39-,40-/m1/s1. The molecule has 0 N–H and O–H groups in total. The van der Waals surface area contributed by atoms with Crippen LogP contribution in [0.1, 0.15) is 54.7 Å². The Kier molecular flexibility index (Phi) is 14.7. The van der Waals surface area contributed by atoms with Crippen molar-refractivity contribution in [2.75, 3.05) is 23.0 Å². The second kappa shape index (κ2) is 20.3. The fourth-order valence-corrected chi connectivity index (χ4v) is 7.14. The van der Waals surface area contributed by atoms with Gasteiger partial charge in [0.2, 0.25) is 11.9 Å². The van der Waals surface area contributed by atoms with Crippen LogP contribution < -0.4 is 14.5 Å². The average Bonchev–Trinajstić information content (AvgIpc) is 3.90. The normalized spacial score (nSPS) is 22.3. The highest BCUT2D eigenvalue weighted by atomic mass is 16.7. The third kappa shape index (κ3) is 11.0. The number of benzene rings is 2. The van der Waals surface area contributed by atoms with Gasteiger partial charge in [-0.05, 0) is 24.3 Å². The average molecular weight is 905 g/mol. The summed E-state index contributed by atoms with van der Waals surface area (Å²) < 4.78 is 52.3. The molecule has 0 unspecified atom stereocenters. The molecule has 65 heavy (non-hydrogen) atoms. The van der Waals surface area contributed by atoms with E-state index >= 15 is 0 Å². The molecule has 8 atom stereocenters. The van der Waals surface area contributed by atoms with E-state index < -0.39 is 122 Å². The lowest BCUT2D eigenvalue weighted by atomic mass is 10.1. The van der Waals surface area contributed by atoms with Gasteiger partial charge in [0.25, 0.3) is 5.88 Å². The Morgan fingerprint density at radius 3 is 1.57 bits per heavy atom. The predicted octanol–water partition coefficient (Wildman–Crippen LogP) is 2.99. The summed E-state index contributed by atoms with van der Waals surface area (Å²) in [5.74, 6) is -6.76. The summed E-state index contributed by atoms with van der Waals surface area (Å²) in [5.41, 5.74) is 0.284. The predicted molar refractivity (Wildman–Crippen MR) is 218 cm³/mol. The minimum atomic E-state index is -1.71. The first kappa shape index (κ1) is 47.0. The second-order valence-electron chi connectivity index (χ2n) is 14.4. The maximum absolute atomic E-state index is 14.5. The van der Waals surface area contributed by atoms with Crippen LogP contribution in [0.4, 0.5) is 22.1 Å². The van der Waals surface area contributed by atoms with E-state index in [0.717, 1.165) is 59.7 Å². The highest BCUT2D eigenvalue weighted by Gasteiger charge is 2.54. The minimum Gasteiger partial charge on any atom is -0.463 e. The molecule has 0 bridgehead atoms. The minimum absolute atomic E-state index is 0.223. The molecule has 2 aliphatic rings. The highest BCUT2D eigenvalue weighted by Crippen LogP contribution is 2.39. The molecule has 4 heterocycles. The van der Waals surface area contributed by atoms with Gasteiger partial charge in [-0.3, -0.25) is 38.1 Å². The molecule has 0 aliphatic carbocycles. The van der Waals surface area contributed by atoms with Crippen LogP contribution in [-0.2, 0) is 71.5 Å². The number of nitrogens with zero attached hydrogens (tertiary/aromatic N) is 6. The van der Waals surface area contributed by atoms with Crippen molar-refractivity contribution in [3.8, 4) is 5.88 Å². The van der Waals surface area contributed by atoms with Gasteiger partial charge in [0.1, 0.15) is 25.4 Å². The van der Waals surface area contributed by atoms with Gasteiger partial charge < -0.3 is 42.6 Å². The molecular formula is C42H44N6O17. The topological polar surface area (TPSA) is 270 Å². The maximum atomic E-state index is 14.5. The van der Waals surface area contributed by atoms with Crippen molar-refractivity contribution in [3.05, 3.63) is 67.0 Å². The molecule has 0 saturated carbocycles. The largest absolute Gasteiger partial charge is 0.463 e. The maximum Gasteiger partial charge on any atom is 0.425 e. The van der Waals surface area contributed by atoms with Crippen molar-refractivity contribution in [1.82, 2.24) is 19.5 Å². The number of aromatic nitrogens is 4. The number of fused-ring (bicyclic) bond motifs is 1. The quantitative estimate of drug-likeness (QED) is 0.130. The lowest BCUT2D eigenvalue weighted by Gasteiger charge is -2.30. The first-order valence-electron chi connectivity index (χ1n) is 19.9. The van der Waals surface area contributed by atoms with Gasteiger partial charge in [0.15, 0.2) is 48.0 Å². The molecule has 23 heteroatoms. The van der Waals surface area contributed by atoms with Crippen LogP contribution in [-0.4, -0.2) is 123 Å². The van der Waals surface area contributed by atoms with Crippen LogP contribution in [0.5, 0.6) is 5.88 Å². The summed E-state index contributed by atoms with van der Waals surface area (Å²) in [5, 5.41) is 0. The summed E-state index contributed by atoms with van der Waals surface area (Å²) in [6.07, 6.45) is -11.4. The van der Waals surface area contributed by atoms with E-state index in [2.05, 4.69) is 15.0 Å². The van der Waals surface area contributed by atoms with Crippen molar-refractivity contribution in [2.45, 2.75) is 97.5 Å². The molecule has 0 radical (unpaired) electrons. The molecule has 23 nitrogen and oxygen atoms in total. The van der Waals surface area contributed by atoms with Crippen molar-refractivity contribution >= 4 is 76.3 Å². The Morgan fingerprint density at radius 2 is 1.08 bits per heavy atom. The van der Waals surface area contributed by atoms with E-state index in [1.807, 2.05) is 0 Å². The van der Waals surface area contributed by atoms with Crippen molar-refractivity contribution < 1.29 is 81.0 Å². The number of amides is 2. The monoisotopic (exact) mass is 904 g/mol. The Labute approximate surface area is 369 Å². The second-order valence-corrected chi connectivity index (χ2v) is 14.4. The number of anilines is 3. The molecule has 2 aliphatic heterocycles. The van der Waals surface area contributed by atoms with Gasteiger partial charge in [0, 0.05) is 48.5 Å². The van der Waals surface area contributed by atoms with E-state index in [9.17, 15) is 38.4 Å². The third-order valence-electron chi connectivity index (χ3n) is 9.54. The van der Waals surface area contributed by atoms with Gasteiger partial charge in [0.05, 0.1) is 17.7 Å². The van der Waals surface area contributed by atoms with E-state index in [0.29, 0.717) is 11.4 Å². The summed E-state index contributed by atoms with van der Waals surface area (Å²) in [7, 11) is 0. The van der Waals surface area contributed by atoms with Crippen LogP contribution in [0.25, 0.3) is 11.2 Å². The molecule has 2 aromatic heterocycles. The number of hydrogen-bond donors (Lipinski definition) is 0. The van der Waals surface area contributed by atoms with Gasteiger partial charge in [-0.2, -0.15) is 9.97 Å². The van der Waals surface area contributed by atoms with Crippen LogP contribution >= 0.6 is 0 Å². The molecule has 2 fully saturated rings. The third-order valence-corrected chi connectivity index (χ3v) is 9.54. The highest BCUT2D eigenvalue weighted by molar-refractivity contribution is 5.98. The SMILES string of the molecule is CC(=O)OC[C@H]1O[C@@H](N(C(C)=O)c2nc(OC(=O)N(c3ccccc3)c3ccccc3)c3ncn([C@@H]4O[C@H](COC(C)=O)[C@H](OC(C)=O)[C@H]4OC(C)=O)c3n2)[C@H](OC(C)=O)[C@H]1OC(C)=O. The molecule has 4 aromatic rings. The van der Waals surface area contributed by atoms with E-state index in [4.69, 9.17) is 42.6 Å². The summed E-state index contributed by atoms with van der Waals surface area (Å²) in [4.78, 5) is 118. The Morgan fingerprint density at radius 1 is 0.600 bits per heavy atom. The van der Waals surface area contributed by atoms with Gasteiger partial charge in [-0.25, -0.2) is 19.6 Å². The fraction of sp³-hybridized carbons (Fsp3) is 0.405. The Balaban J connectivity index is 1.55. The Bertz CT molecular complexity index is 2410. The van der Waals surface area contributed by atoms with E-state index in [1.165, 1.54) is 9.47 Å². The molecule has 2 saturated heterocycles. The summed E-state index contributed by atoms with van der Waals surface area (Å²) in [6, 6.07) is 16.9. The number of carbonyl (C=O) groups is 8. The molecule has 2 aromatic carbocycles. The van der Waals surface area contributed by atoms with E-state index in [-0.39, 0.29) is 11.2 Å².